The molecule has 0 saturated heterocycles. The summed E-state index contributed by atoms with van der Waals surface area (Å²) in [5.74, 6) is 0. The predicted octanol–water partition coefficient (Wildman–Crippen LogP) is 2.06. The highest BCUT2D eigenvalue weighted by Crippen LogP contribution is 2.16. The monoisotopic (exact) mass is 191 g/mol. The van der Waals surface area contributed by atoms with Crippen LogP contribution < -0.4 is 5.32 Å². The molecule has 0 aliphatic carbocycles. The Hall–Kier alpha value is 0.270. The standard InChI is InChI=1S/C9H21NOS/c1-6-10-8(2,3)7-11-9(4,5)12/h10,12H,6-7H2,1-5H3. The third kappa shape index (κ3) is 6.95. The van der Waals surface area contributed by atoms with Crippen LogP contribution in [0.4, 0.5) is 0 Å². The molecule has 0 aliphatic heterocycles. The van der Waals surface area contributed by atoms with Crippen molar-refractivity contribution in [3.63, 3.8) is 0 Å². The summed E-state index contributed by atoms with van der Waals surface area (Å²) in [6.07, 6.45) is 0. The van der Waals surface area contributed by atoms with Gasteiger partial charge >= 0.3 is 0 Å². The number of hydrogen-bond acceptors (Lipinski definition) is 3. The molecular formula is C9H21NOS. The highest BCUT2D eigenvalue weighted by atomic mass is 32.1. The number of nitrogens with one attached hydrogen (secondary N) is 1. The summed E-state index contributed by atoms with van der Waals surface area (Å²) in [5, 5.41) is 3.34. The molecule has 74 valence electrons. The van der Waals surface area contributed by atoms with Crippen LogP contribution in [0.5, 0.6) is 0 Å². The largest absolute Gasteiger partial charge is 0.363 e. The van der Waals surface area contributed by atoms with E-state index in [0.29, 0.717) is 6.61 Å². The first-order chi connectivity index (χ1) is 5.27. The molecule has 0 aromatic rings. The molecule has 1 N–H and O–H groups in total. The molecule has 0 rings (SSSR count). The van der Waals surface area contributed by atoms with E-state index in [9.17, 15) is 0 Å². The maximum absolute atomic E-state index is 5.55. The molecule has 0 atom stereocenters. The van der Waals surface area contributed by atoms with E-state index in [1.165, 1.54) is 0 Å². The first-order valence-electron chi connectivity index (χ1n) is 4.38. The van der Waals surface area contributed by atoms with Gasteiger partial charge in [0.05, 0.1) is 6.61 Å². The Kier molecular flexibility index (Phi) is 4.59. The molecule has 0 radical (unpaired) electrons. The Labute approximate surface area is 81.5 Å². The normalized spacial score (nSPS) is 13.5. The summed E-state index contributed by atoms with van der Waals surface area (Å²) in [4.78, 5) is -0.341. The van der Waals surface area contributed by atoms with Gasteiger partial charge in [0.1, 0.15) is 4.93 Å². The topological polar surface area (TPSA) is 21.3 Å². The summed E-state index contributed by atoms with van der Waals surface area (Å²) in [5.41, 5.74) is 0.0365. The minimum absolute atomic E-state index is 0.0365. The molecular weight excluding hydrogens is 170 g/mol. The van der Waals surface area contributed by atoms with E-state index in [1.807, 2.05) is 13.8 Å². The zero-order chi connectivity index (χ0) is 9.83. The SMILES string of the molecule is CCNC(C)(C)COC(C)(C)S. The van der Waals surface area contributed by atoms with Gasteiger partial charge in [0, 0.05) is 5.54 Å². The van der Waals surface area contributed by atoms with Crippen molar-refractivity contribution < 1.29 is 4.74 Å². The minimum atomic E-state index is -0.341. The van der Waals surface area contributed by atoms with Crippen LogP contribution in [0.2, 0.25) is 0 Å². The fourth-order valence-corrected chi connectivity index (χ4v) is 0.951. The van der Waals surface area contributed by atoms with Crippen molar-refractivity contribution in [3.05, 3.63) is 0 Å². The first kappa shape index (κ1) is 12.3. The molecule has 2 nitrogen and oxygen atoms in total. The van der Waals surface area contributed by atoms with Gasteiger partial charge in [-0.3, -0.25) is 0 Å². The van der Waals surface area contributed by atoms with Crippen molar-refractivity contribution >= 4 is 12.6 Å². The van der Waals surface area contributed by atoms with E-state index < -0.39 is 0 Å². The van der Waals surface area contributed by atoms with E-state index >= 15 is 0 Å². The highest BCUT2D eigenvalue weighted by Gasteiger charge is 2.20. The van der Waals surface area contributed by atoms with E-state index in [1.54, 1.807) is 0 Å². The van der Waals surface area contributed by atoms with Crippen LogP contribution in [0.3, 0.4) is 0 Å². The fraction of sp³-hybridized carbons (Fsp3) is 1.00. The zero-order valence-corrected chi connectivity index (χ0v) is 9.66. The molecule has 0 saturated carbocycles. The Morgan fingerprint density at radius 3 is 2.08 bits per heavy atom. The van der Waals surface area contributed by atoms with Gasteiger partial charge in [-0.05, 0) is 34.2 Å². The Balaban J connectivity index is 3.75. The second-order valence-corrected chi connectivity index (χ2v) is 5.23. The average Bonchev–Trinajstić information content (AvgIpc) is 1.83. The van der Waals surface area contributed by atoms with Crippen LogP contribution in [0, 0.1) is 0 Å². The maximum atomic E-state index is 5.55. The summed E-state index contributed by atoms with van der Waals surface area (Å²) < 4.78 is 5.55. The Morgan fingerprint density at radius 1 is 1.25 bits per heavy atom. The van der Waals surface area contributed by atoms with Gasteiger partial charge < -0.3 is 10.1 Å². The second kappa shape index (κ2) is 4.49. The van der Waals surface area contributed by atoms with Gasteiger partial charge in [0.25, 0.3) is 0 Å². The summed E-state index contributed by atoms with van der Waals surface area (Å²) in [7, 11) is 0. The van der Waals surface area contributed by atoms with Gasteiger partial charge in [0.15, 0.2) is 0 Å². The molecule has 3 heteroatoms. The van der Waals surface area contributed by atoms with Crippen LogP contribution in [0.15, 0.2) is 0 Å². The lowest BCUT2D eigenvalue weighted by Gasteiger charge is -2.29. The summed E-state index contributed by atoms with van der Waals surface area (Å²) in [6.45, 7) is 11.9. The number of likely N-dealkylation sites (N-methyl/N-ethyl adjacent to an activating group) is 1. The van der Waals surface area contributed by atoms with Crippen LogP contribution in [0.1, 0.15) is 34.6 Å². The lowest BCUT2D eigenvalue weighted by atomic mass is 10.1. The van der Waals surface area contributed by atoms with Crippen LogP contribution in [0.25, 0.3) is 0 Å². The number of thiol groups is 1. The minimum Gasteiger partial charge on any atom is -0.363 e. The van der Waals surface area contributed by atoms with Gasteiger partial charge in [-0.15, -0.1) is 12.6 Å². The lowest BCUT2D eigenvalue weighted by Crippen LogP contribution is -2.44. The van der Waals surface area contributed by atoms with Gasteiger partial charge in [0.2, 0.25) is 0 Å². The third-order valence-corrected chi connectivity index (χ3v) is 1.57. The van der Waals surface area contributed by atoms with Crippen molar-refractivity contribution in [2.45, 2.75) is 45.1 Å². The summed E-state index contributed by atoms with van der Waals surface area (Å²) in [6, 6.07) is 0. The van der Waals surface area contributed by atoms with E-state index in [4.69, 9.17) is 4.74 Å². The summed E-state index contributed by atoms with van der Waals surface area (Å²) >= 11 is 4.28. The van der Waals surface area contributed by atoms with Crippen molar-refractivity contribution in [1.29, 1.82) is 0 Å². The van der Waals surface area contributed by atoms with Crippen LogP contribution >= 0.6 is 12.6 Å². The smallest absolute Gasteiger partial charge is 0.105 e. The molecule has 0 aromatic heterocycles. The Morgan fingerprint density at radius 2 is 1.75 bits per heavy atom. The zero-order valence-electron chi connectivity index (χ0n) is 8.77. The van der Waals surface area contributed by atoms with Crippen LogP contribution in [-0.2, 0) is 4.74 Å². The number of ether oxygens (including phenoxy) is 1. The maximum Gasteiger partial charge on any atom is 0.105 e. The van der Waals surface area contributed by atoms with Gasteiger partial charge in [-0.2, -0.15) is 0 Å². The van der Waals surface area contributed by atoms with Crippen LogP contribution in [-0.4, -0.2) is 23.6 Å². The van der Waals surface area contributed by atoms with Crippen molar-refractivity contribution in [1.82, 2.24) is 5.32 Å². The van der Waals surface area contributed by atoms with Crippen molar-refractivity contribution in [2.24, 2.45) is 0 Å². The molecule has 0 unspecified atom stereocenters. The molecule has 0 fully saturated rings. The molecule has 0 spiro atoms. The molecule has 0 heterocycles. The average molecular weight is 191 g/mol. The first-order valence-corrected chi connectivity index (χ1v) is 4.83. The second-order valence-electron chi connectivity index (χ2n) is 4.15. The molecule has 12 heavy (non-hydrogen) atoms. The van der Waals surface area contributed by atoms with Crippen molar-refractivity contribution in [3.8, 4) is 0 Å². The van der Waals surface area contributed by atoms with E-state index in [2.05, 4.69) is 38.7 Å². The number of hydrogen-bond donors (Lipinski definition) is 2. The highest BCUT2D eigenvalue weighted by molar-refractivity contribution is 7.81. The predicted molar refractivity (Wildman–Crippen MR) is 56.8 cm³/mol. The lowest BCUT2D eigenvalue weighted by molar-refractivity contribution is 0.0187. The number of rotatable bonds is 5. The van der Waals surface area contributed by atoms with E-state index in [-0.39, 0.29) is 10.5 Å². The molecule has 0 bridgehead atoms. The molecule has 0 amide bonds. The Bertz CT molecular complexity index is 129. The quantitative estimate of drug-likeness (QED) is 0.513. The van der Waals surface area contributed by atoms with Crippen molar-refractivity contribution in [2.75, 3.05) is 13.2 Å². The molecule has 0 aliphatic rings. The fourth-order valence-electron chi connectivity index (χ4n) is 0.887. The van der Waals surface area contributed by atoms with Gasteiger partial charge in [-0.1, -0.05) is 6.92 Å². The van der Waals surface area contributed by atoms with Gasteiger partial charge in [-0.25, -0.2) is 0 Å². The third-order valence-electron chi connectivity index (χ3n) is 1.44. The van der Waals surface area contributed by atoms with E-state index in [0.717, 1.165) is 6.54 Å². The molecule has 0 aromatic carbocycles.